The molecule has 0 aromatic rings. The van der Waals surface area contributed by atoms with E-state index in [0.717, 1.165) is 26.1 Å². The first kappa shape index (κ1) is 13.8. The number of ether oxygens (including phenoxy) is 2. The Morgan fingerprint density at radius 3 is 2.21 bits per heavy atom. The average Bonchev–Trinajstić information content (AvgIpc) is 2.83. The highest BCUT2D eigenvalue weighted by Crippen LogP contribution is 2.39. The molecule has 1 aliphatic heterocycles. The maximum absolute atomic E-state index is 5.81. The van der Waals surface area contributed by atoms with Crippen LogP contribution in [-0.2, 0) is 9.47 Å². The standard InChI is InChI=1S/C16H29NO2/c1-15(2)8-4-3-5-14(15)17-13-6-9-16(10-7-13)18-11-12-19-16/h13-14,17H,3-12H2,1-2H3. The van der Waals surface area contributed by atoms with E-state index in [0.29, 0.717) is 17.5 Å². The second kappa shape index (κ2) is 5.34. The van der Waals surface area contributed by atoms with Crippen molar-refractivity contribution in [2.75, 3.05) is 13.2 Å². The molecule has 1 atom stereocenters. The largest absolute Gasteiger partial charge is 0.348 e. The van der Waals surface area contributed by atoms with Gasteiger partial charge in [0.05, 0.1) is 13.2 Å². The first-order valence-electron chi connectivity index (χ1n) is 8.14. The van der Waals surface area contributed by atoms with Crippen LogP contribution >= 0.6 is 0 Å². The second-order valence-electron chi connectivity index (χ2n) is 7.34. The Morgan fingerprint density at radius 2 is 1.58 bits per heavy atom. The van der Waals surface area contributed by atoms with E-state index in [1.165, 1.54) is 38.5 Å². The molecule has 3 nitrogen and oxygen atoms in total. The van der Waals surface area contributed by atoms with Crippen molar-refractivity contribution < 1.29 is 9.47 Å². The predicted molar refractivity (Wildman–Crippen MR) is 76.1 cm³/mol. The molecule has 3 fully saturated rings. The molecule has 19 heavy (non-hydrogen) atoms. The summed E-state index contributed by atoms with van der Waals surface area (Å²) in [4.78, 5) is 0. The van der Waals surface area contributed by atoms with Gasteiger partial charge in [-0.15, -0.1) is 0 Å². The summed E-state index contributed by atoms with van der Waals surface area (Å²) in [5.74, 6) is -0.208. The van der Waals surface area contributed by atoms with Crippen LogP contribution in [-0.4, -0.2) is 31.1 Å². The van der Waals surface area contributed by atoms with Crippen molar-refractivity contribution in [1.29, 1.82) is 0 Å². The minimum atomic E-state index is -0.208. The van der Waals surface area contributed by atoms with Gasteiger partial charge < -0.3 is 14.8 Å². The minimum Gasteiger partial charge on any atom is -0.348 e. The van der Waals surface area contributed by atoms with Crippen molar-refractivity contribution >= 4 is 0 Å². The molecule has 3 heteroatoms. The van der Waals surface area contributed by atoms with Gasteiger partial charge in [0.25, 0.3) is 0 Å². The fourth-order valence-electron chi connectivity index (χ4n) is 4.10. The molecule has 1 saturated heterocycles. The Bertz CT molecular complexity index is 300. The lowest BCUT2D eigenvalue weighted by Gasteiger charge is -2.43. The summed E-state index contributed by atoms with van der Waals surface area (Å²) in [6, 6.07) is 1.37. The van der Waals surface area contributed by atoms with E-state index in [2.05, 4.69) is 19.2 Å². The van der Waals surface area contributed by atoms with Gasteiger partial charge in [-0.05, 0) is 31.1 Å². The van der Waals surface area contributed by atoms with Crippen LogP contribution in [0.5, 0.6) is 0 Å². The first-order valence-corrected chi connectivity index (χ1v) is 8.14. The summed E-state index contributed by atoms with van der Waals surface area (Å²) in [7, 11) is 0. The van der Waals surface area contributed by atoms with E-state index < -0.39 is 0 Å². The smallest absolute Gasteiger partial charge is 0.168 e. The molecule has 0 aromatic carbocycles. The van der Waals surface area contributed by atoms with Crippen molar-refractivity contribution in [2.24, 2.45) is 5.41 Å². The number of hydrogen-bond acceptors (Lipinski definition) is 3. The Hall–Kier alpha value is -0.120. The zero-order valence-corrected chi connectivity index (χ0v) is 12.5. The molecule has 1 unspecified atom stereocenters. The van der Waals surface area contributed by atoms with E-state index in [-0.39, 0.29) is 5.79 Å². The van der Waals surface area contributed by atoms with E-state index in [9.17, 15) is 0 Å². The van der Waals surface area contributed by atoms with Crippen LogP contribution in [0.4, 0.5) is 0 Å². The second-order valence-corrected chi connectivity index (χ2v) is 7.34. The van der Waals surface area contributed by atoms with Gasteiger partial charge in [-0.2, -0.15) is 0 Å². The quantitative estimate of drug-likeness (QED) is 0.833. The Balaban J connectivity index is 1.51. The molecule has 0 radical (unpaired) electrons. The van der Waals surface area contributed by atoms with Gasteiger partial charge in [0.2, 0.25) is 0 Å². The molecule has 1 heterocycles. The number of rotatable bonds is 2. The molecule has 0 aromatic heterocycles. The third-order valence-electron chi connectivity index (χ3n) is 5.51. The highest BCUT2D eigenvalue weighted by atomic mass is 16.7. The summed E-state index contributed by atoms with van der Waals surface area (Å²) in [5.41, 5.74) is 0.466. The highest BCUT2D eigenvalue weighted by molar-refractivity contribution is 4.92. The minimum absolute atomic E-state index is 0.208. The van der Waals surface area contributed by atoms with Gasteiger partial charge in [0.15, 0.2) is 5.79 Å². The third kappa shape index (κ3) is 2.98. The SMILES string of the molecule is CC1(C)CCCCC1NC1CCC2(CC1)OCCO2. The van der Waals surface area contributed by atoms with Crippen molar-refractivity contribution in [1.82, 2.24) is 5.32 Å². The monoisotopic (exact) mass is 267 g/mol. The fraction of sp³-hybridized carbons (Fsp3) is 1.00. The Morgan fingerprint density at radius 1 is 0.895 bits per heavy atom. The normalized spacial score (nSPS) is 34.7. The summed E-state index contributed by atoms with van der Waals surface area (Å²) >= 11 is 0. The van der Waals surface area contributed by atoms with Gasteiger partial charge in [0, 0.05) is 24.9 Å². The maximum Gasteiger partial charge on any atom is 0.168 e. The molecular formula is C16H29NO2. The van der Waals surface area contributed by atoms with Crippen molar-refractivity contribution in [3.63, 3.8) is 0 Å². The van der Waals surface area contributed by atoms with E-state index in [1.807, 2.05) is 0 Å². The molecule has 1 N–H and O–H groups in total. The van der Waals surface area contributed by atoms with Gasteiger partial charge in [-0.3, -0.25) is 0 Å². The van der Waals surface area contributed by atoms with E-state index >= 15 is 0 Å². The van der Waals surface area contributed by atoms with Crippen LogP contribution in [0.25, 0.3) is 0 Å². The maximum atomic E-state index is 5.81. The zero-order valence-electron chi connectivity index (χ0n) is 12.5. The molecule has 2 saturated carbocycles. The summed E-state index contributed by atoms with van der Waals surface area (Å²) < 4.78 is 11.6. The van der Waals surface area contributed by atoms with Gasteiger partial charge >= 0.3 is 0 Å². The lowest BCUT2D eigenvalue weighted by atomic mass is 9.72. The van der Waals surface area contributed by atoms with Crippen LogP contribution in [0.3, 0.4) is 0 Å². The molecule has 0 bridgehead atoms. The number of nitrogens with one attached hydrogen (secondary N) is 1. The molecule has 2 aliphatic carbocycles. The van der Waals surface area contributed by atoms with Crippen LogP contribution < -0.4 is 5.32 Å². The van der Waals surface area contributed by atoms with Crippen LogP contribution in [0.2, 0.25) is 0 Å². The fourth-order valence-corrected chi connectivity index (χ4v) is 4.10. The van der Waals surface area contributed by atoms with Crippen LogP contribution in [0, 0.1) is 5.41 Å². The Kier molecular flexibility index (Phi) is 3.89. The van der Waals surface area contributed by atoms with E-state index in [1.54, 1.807) is 0 Å². The van der Waals surface area contributed by atoms with E-state index in [4.69, 9.17) is 9.47 Å². The van der Waals surface area contributed by atoms with Crippen molar-refractivity contribution in [3.05, 3.63) is 0 Å². The average molecular weight is 267 g/mol. The molecule has 0 amide bonds. The summed E-state index contributed by atoms with van der Waals surface area (Å²) in [6.07, 6.45) is 10.1. The summed E-state index contributed by atoms with van der Waals surface area (Å²) in [6.45, 7) is 6.43. The van der Waals surface area contributed by atoms with Gasteiger partial charge in [0.1, 0.15) is 0 Å². The third-order valence-corrected chi connectivity index (χ3v) is 5.51. The topological polar surface area (TPSA) is 30.5 Å². The highest BCUT2D eigenvalue weighted by Gasteiger charge is 2.41. The first-order chi connectivity index (χ1) is 9.10. The molecule has 3 rings (SSSR count). The summed E-state index contributed by atoms with van der Waals surface area (Å²) in [5, 5.41) is 3.94. The van der Waals surface area contributed by atoms with Crippen molar-refractivity contribution in [3.8, 4) is 0 Å². The van der Waals surface area contributed by atoms with Crippen LogP contribution in [0.1, 0.15) is 65.2 Å². The lowest BCUT2D eigenvalue weighted by Crippen LogP contribution is -2.51. The lowest BCUT2D eigenvalue weighted by molar-refractivity contribution is -0.180. The molecule has 1 spiro atoms. The number of hydrogen-bond donors (Lipinski definition) is 1. The van der Waals surface area contributed by atoms with Crippen LogP contribution in [0.15, 0.2) is 0 Å². The predicted octanol–water partition coefficient (Wildman–Crippen LogP) is 3.23. The molecular weight excluding hydrogens is 238 g/mol. The van der Waals surface area contributed by atoms with Gasteiger partial charge in [-0.1, -0.05) is 26.7 Å². The van der Waals surface area contributed by atoms with Crippen molar-refractivity contribution in [2.45, 2.75) is 83.1 Å². The zero-order chi connectivity index (χ0) is 13.3. The van der Waals surface area contributed by atoms with Gasteiger partial charge in [-0.25, -0.2) is 0 Å². The molecule has 3 aliphatic rings. The molecule has 110 valence electrons. The Labute approximate surface area is 117 Å².